The molecule has 7 heteroatoms. The Balaban J connectivity index is 1.95. The lowest BCUT2D eigenvalue weighted by atomic mass is 10.2. The first-order valence-corrected chi connectivity index (χ1v) is 8.39. The normalized spacial score (nSPS) is 16.0. The Labute approximate surface area is 146 Å². The largest absolute Gasteiger partial charge is 0.283 e. The number of thioether (sulfide) groups is 1. The van der Waals surface area contributed by atoms with Gasteiger partial charge in [0.2, 0.25) is 6.43 Å². The lowest BCUT2D eigenvalue weighted by Gasteiger charge is -2.17. The fourth-order valence-electron chi connectivity index (χ4n) is 2.26. The molecule has 2 aromatic rings. The van der Waals surface area contributed by atoms with E-state index < -0.39 is 23.9 Å². The fourth-order valence-corrected chi connectivity index (χ4v) is 3.01. The predicted octanol–water partition coefficient (Wildman–Crippen LogP) is 4.57. The molecule has 0 radical (unpaired) electrons. The first-order chi connectivity index (χ1) is 12.0. The average Bonchev–Trinajstić information content (AvgIpc) is 2.91. The average molecular weight is 362 g/mol. The van der Waals surface area contributed by atoms with Crippen molar-refractivity contribution in [3.63, 3.8) is 0 Å². The maximum absolute atomic E-state index is 13.1. The van der Waals surface area contributed by atoms with Crippen LogP contribution < -0.4 is 4.90 Å². The van der Waals surface area contributed by atoms with Crippen LogP contribution in [0.25, 0.3) is 6.08 Å². The number of carbonyl (C=O) groups is 1. The Morgan fingerprint density at radius 1 is 1.08 bits per heavy atom. The van der Waals surface area contributed by atoms with Gasteiger partial charge in [0, 0.05) is 0 Å². The summed E-state index contributed by atoms with van der Waals surface area (Å²) < 4.78 is 38.3. The lowest BCUT2D eigenvalue weighted by molar-refractivity contribution is -0.113. The number of rotatable bonds is 4. The van der Waals surface area contributed by atoms with Crippen LogP contribution >= 0.6 is 11.8 Å². The molecular weight excluding hydrogens is 349 g/mol. The first kappa shape index (κ1) is 17.3. The molecular formula is C18H13F3N2OS. The molecule has 0 bridgehead atoms. The van der Waals surface area contributed by atoms with Crippen molar-refractivity contribution in [1.82, 2.24) is 0 Å². The Kier molecular flexibility index (Phi) is 5.23. The lowest BCUT2D eigenvalue weighted by Crippen LogP contribution is -2.30. The number of anilines is 1. The first-order valence-electron chi connectivity index (χ1n) is 7.41. The van der Waals surface area contributed by atoms with Crippen molar-refractivity contribution >= 4 is 34.6 Å². The summed E-state index contributed by atoms with van der Waals surface area (Å²) in [7, 11) is 0. The molecule has 0 unspecified atom stereocenters. The minimum absolute atomic E-state index is 0.146. The molecule has 0 aromatic heterocycles. The highest BCUT2D eigenvalue weighted by Gasteiger charge is 2.32. The number of carbonyl (C=O) groups excluding carboxylic acids is 1. The van der Waals surface area contributed by atoms with Crippen molar-refractivity contribution in [1.29, 1.82) is 0 Å². The van der Waals surface area contributed by atoms with Gasteiger partial charge in [-0.1, -0.05) is 42.1 Å². The van der Waals surface area contributed by atoms with E-state index in [0.29, 0.717) is 5.69 Å². The molecule has 1 aliphatic rings. The third-order valence-electron chi connectivity index (χ3n) is 3.36. The summed E-state index contributed by atoms with van der Waals surface area (Å²) in [5, 5.41) is 0.152. The van der Waals surface area contributed by atoms with Crippen molar-refractivity contribution in [3.05, 3.63) is 71.7 Å². The maximum Gasteiger partial charge on any atom is 0.283 e. The summed E-state index contributed by atoms with van der Waals surface area (Å²) in [6, 6.07) is 14.3. The van der Waals surface area contributed by atoms with Gasteiger partial charge in [0.25, 0.3) is 5.91 Å². The molecule has 128 valence electrons. The van der Waals surface area contributed by atoms with Gasteiger partial charge in [0.15, 0.2) is 5.17 Å². The quantitative estimate of drug-likeness (QED) is 0.747. The number of hydrogen-bond acceptors (Lipinski definition) is 3. The van der Waals surface area contributed by atoms with E-state index in [9.17, 15) is 18.0 Å². The molecule has 0 fully saturated rings. The number of amidine groups is 1. The molecule has 1 aliphatic heterocycles. The van der Waals surface area contributed by atoms with Crippen LogP contribution in [-0.2, 0) is 4.79 Å². The second-order valence-electron chi connectivity index (χ2n) is 5.15. The van der Waals surface area contributed by atoms with Gasteiger partial charge in [-0.05, 0) is 35.9 Å². The third-order valence-corrected chi connectivity index (χ3v) is 4.31. The van der Waals surface area contributed by atoms with Crippen LogP contribution in [0.3, 0.4) is 0 Å². The molecule has 25 heavy (non-hydrogen) atoms. The number of aliphatic imine (C=N–C) groups is 1. The van der Waals surface area contributed by atoms with Gasteiger partial charge in [-0.3, -0.25) is 9.69 Å². The van der Waals surface area contributed by atoms with Crippen molar-refractivity contribution in [2.24, 2.45) is 4.99 Å². The van der Waals surface area contributed by atoms with Gasteiger partial charge in [-0.2, -0.15) is 0 Å². The molecule has 3 nitrogen and oxygen atoms in total. The molecule has 1 amide bonds. The zero-order chi connectivity index (χ0) is 17.8. The summed E-state index contributed by atoms with van der Waals surface area (Å²) in [6.45, 7) is 0. The standard InChI is InChI=1S/C18H13F3N2OS/c19-13-6-8-14(9-7-13)23-17(24)15(10-12-4-2-1-3-5-12)22-18(23)25-11-16(20)21/h1-10,16H,11H2. The summed E-state index contributed by atoms with van der Waals surface area (Å²) in [5.41, 5.74) is 1.30. The Morgan fingerprint density at radius 3 is 2.40 bits per heavy atom. The van der Waals surface area contributed by atoms with Crippen molar-refractivity contribution < 1.29 is 18.0 Å². The summed E-state index contributed by atoms with van der Waals surface area (Å²) in [5.74, 6) is -1.37. The van der Waals surface area contributed by atoms with E-state index >= 15 is 0 Å². The molecule has 2 aromatic carbocycles. The van der Waals surface area contributed by atoms with E-state index in [1.807, 2.05) is 30.3 Å². The molecule has 0 saturated carbocycles. The second-order valence-corrected chi connectivity index (χ2v) is 6.14. The molecule has 0 spiro atoms. The van der Waals surface area contributed by atoms with Crippen molar-refractivity contribution in [3.8, 4) is 0 Å². The third kappa shape index (κ3) is 4.11. The number of hydrogen-bond donors (Lipinski definition) is 0. The van der Waals surface area contributed by atoms with Crippen LogP contribution in [0.2, 0.25) is 0 Å². The summed E-state index contributed by atoms with van der Waals surface area (Å²) in [4.78, 5) is 18.1. The number of alkyl halides is 2. The van der Waals surface area contributed by atoms with Gasteiger partial charge in [0.1, 0.15) is 11.5 Å². The van der Waals surface area contributed by atoms with Crippen LogP contribution in [0, 0.1) is 5.82 Å². The zero-order valence-electron chi connectivity index (χ0n) is 12.9. The molecule has 3 rings (SSSR count). The van der Waals surface area contributed by atoms with E-state index in [1.165, 1.54) is 29.2 Å². The molecule has 0 atom stereocenters. The molecule has 1 heterocycles. The van der Waals surface area contributed by atoms with Crippen LogP contribution in [0.15, 0.2) is 65.3 Å². The maximum atomic E-state index is 13.1. The second kappa shape index (κ2) is 7.57. The Hall–Kier alpha value is -2.54. The van der Waals surface area contributed by atoms with Crippen LogP contribution in [0.5, 0.6) is 0 Å². The fraction of sp³-hybridized carbons (Fsp3) is 0.111. The van der Waals surface area contributed by atoms with Crippen molar-refractivity contribution in [2.75, 3.05) is 10.7 Å². The van der Waals surface area contributed by atoms with Crippen LogP contribution in [0.1, 0.15) is 5.56 Å². The number of amides is 1. The van der Waals surface area contributed by atoms with Crippen molar-refractivity contribution in [2.45, 2.75) is 6.43 Å². The molecule has 0 saturated heterocycles. The summed E-state index contributed by atoms with van der Waals surface area (Å²) >= 11 is 0.788. The Bertz CT molecular complexity index is 820. The molecule has 0 aliphatic carbocycles. The highest BCUT2D eigenvalue weighted by Crippen LogP contribution is 2.30. The molecule has 0 N–H and O–H groups in total. The van der Waals surface area contributed by atoms with Gasteiger partial charge < -0.3 is 0 Å². The highest BCUT2D eigenvalue weighted by molar-refractivity contribution is 8.14. The van der Waals surface area contributed by atoms with E-state index in [1.54, 1.807) is 6.08 Å². The monoisotopic (exact) mass is 362 g/mol. The van der Waals surface area contributed by atoms with E-state index in [-0.39, 0.29) is 10.9 Å². The predicted molar refractivity (Wildman–Crippen MR) is 94.2 cm³/mol. The van der Waals surface area contributed by atoms with E-state index in [2.05, 4.69) is 4.99 Å². The van der Waals surface area contributed by atoms with Gasteiger partial charge in [-0.25, -0.2) is 18.2 Å². The zero-order valence-corrected chi connectivity index (χ0v) is 13.7. The van der Waals surface area contributed by atoms with Gasteiger partial charge in [0.05, 0.1) is 11.4 Å². The van der Waals surface area contributed by atoms with Crippen LogP contribution in [-0.4, -0.2) is 23.3 Å². The number of halogens is 3. The van der Waals surface area contributed by atoms with Crippen LogP contribution in [0.4, 0.5) is 18.9 Å². The number of benzene rings is 2. The van der Waals surface area contributed by atoms with Gasteiger partial charge in [-0.15, -0.1) is 0 Å². The minimum atomic E-state index is -2.53. The number of nitrogens with zero attached hydrogens (tertiary/aromatic N) is 2. The highest BCUT2D eigenvalue weighted by atomic mass is 32.2. The minimum Gasteiger partial charge on any atom is -0.266 e. The summed E-state index contributed by atoms with van der Waals surface area (Å²) in [6.07, 6.45) is -0.936. The Morgan fingerprint density at radius 2 is 1.76 bits per heavy atom. The smallest absolute Gasteiger partial charge is 0.266 e. The van der Waals surface area contributed by atoms with E-state index in [0.717, 1.165) is 17.3 Å². The SMILES string of the molecule is O=C1C(=Cc2ccccc2)N=C(SCC(F)F)N1c1ccc(F)cc1. The van der Waals surface area contributed by atoms with Gasteiger partial charge >= 0.3 is 0 Å². The van der Waals surface area contributed by atoms with E-state index in [4.69, 9.17) is 0 Å². The topological polar surface area (TPSA) is 32.7 Å².